The number of para-hydroxylation sites is 1. The Labute approximate surface area is 112 Å². The molecule has 0 aromatic heterocycles. The van der Waals surface area contributed by atoms with Crippen molar-refractivity contribution < 1.29 is 14.7 Å². The molecular formula is C15H17NO3. The van der Waals surface area contributed by atoms with Gasteiger partial charge >= 0.3 is 5.97 Å². The predicted molar refractivity (Wildman–Crippen MR) is 71.2 cm³/mol. The maximum atomic E-state index is 12.7. The quantitative estimate of drug-likeness (QED) is 0.886. The largest absolute Gasteiger partial charge is 0.480 e. The van der Waals surface area contributed by atoms with Gasteiger partial charge in [-0.1, -0.05) is 37.5 Å². The van der Waals surface area contributed by atoms with Crippen molar-refractivity contribution in [3.63, 3.8) is 0 Å². The second kappa shape index (κ2) is 4.37. The minimum Gasteiger partial charge on any atom is -0.480 e. The summed E-state index contributed by atoms with van der Waals surface area (Å²) in [5.74, 6) is -0.980. The van der Waals surface area contributed by atoms with Crippen LogP contribution in [0, 0.1) is 0 Å². The van der Waals surface area contributed by atoms with Crippen LogP contribution in [0.1, 0.15) is 37.7 Å². The van der Waals surface area contributed by atoms with Crippen LogP contribution < -0.4 is 4.90 Å². The summed E-state index contributed by atoms with van der Waals surface area (Å²) in [6.07, 6.45) is 4.94. The van der Waals surface area contributed by atoms with Crippen LogP contribution in [0.4, 0.5) is 5.69 Å². The van der Waals surface area contributed by atoms with Gasteiger partial charge in [-0.3, -0.25) is 9.59 Å². The highest BCUT2D eigenvalue weighted by atomic mass is 16.4. The Morgan fingerprint density at radius 2 is 1.89 bits per heavy atom. The molecule has 1 N–H and O–H groups in total. The molecule has 1 spiro atoms. The van der Waals surface area contributed by atoms with Gasteiger partial charge in [-0.15, -0.1) is 0 Å². The normalized spacial score (nSPS) is 20.6. The SMILES string of the molecule is O=C(O)CN1C(=O)C2(CCCCC2)c2ccccc21. The van der Waals surface area contributed by atoms with E-state index in [-0.39, 0.29) is 12.5 Å². The molecule has 0 atom stereocenters. The molecule has 2 aliphatic rings. The van der Waals surface area contributed by atoms with Crippen LogP contribution in [0.5, 0.6) is 0 Å². The van der Waals surface area contributed by atoms with Gasteiger partial charge in [0.2, 0.25) is 5.91 Å². The third-order valence-corrected chi connectivity index (χ3v) is 4.37. The number of hydrogen-bond acceptors (Lipinski definition) is 2. The number of fused-ring (bicyclic) bond motifs is 2. The van der Waals surface area contributed by atoms with E-state index < -0.39 is 11.4 Å². The van der Waals surface area contributed by atoms with E-state index in [9.17, 15) is 9.59 Å². The lowest BCUT2D eigenvalue weighted by Crippen LogP contribution is -2.43. The van der Waals surface area contributed by atoms with Crippen LogP contribution in [-0.2, 0) is 15.0 Å². The van der Waals surface area contributed by atoms with E-state index in [4.69, 9.17) is 5.11 Å². The zero-order valence-corrected chi connectivity index (χ0v) is 10.8. The van der Waals surface area contributed by atoms with Crippen molar-refractivity contribution in [2.75, 3.05) is 11.4 Å². The van der Waals surface area contributed by atoms with E-state index in [0.29, 0.717) is 0 Å². The zero-order chi connectivity index (χ0) is 13.5. The molecule has 1 aromatic rings. The summed E-state index contributed by atoms with van der Waals surface area (Å²) >= 11 is 0. The van der Waals surface area contributed by atoms with E-state index >= 15 is 0 Å². The second-order valence-electron chi connectivity index (χ2n) is 5.44. The monoisotopic (exact) mass is 259 g/mol. The molecule has 1 aliphatic carbocycles. The van der Waals surface area contributed by atoms with Crippen molar-refractivity contribution >= 4 is 17.6 Å². The van der Waals surface area contributed by atoms with Gasteiger partial charge in [0.25, 0.3) is 0 Å². The number of amides is 1. The van der Waals surface area contributed by atoms with Gasteiger partial charge in [-0.25, -0.2) is 0 Å². The Bertz CT molecular complexity index is 532. The number of nitrogens with zero attached hydrogens (tertiary/aromatic N) is 1. The molecule has 19 heavy (non-hydrogen) atoms. The van der Waals surface area contributed by atoms with Gasteiger partial charge in [0.1, 0.15) is 6.54 Å². The standard InChI is InChI=1S/C15H17NO3/c17-13(18)10-16-12-7-3-2-6-11(12)15(14(16)19)8-4-1-5-9-15/h2-3,6-7H,1,4-5,8-10H2,(H,17,18). The Hall–Kier alpha value is -1.84. The summed E-state index contributed by atoms with van der Waals surface area (Å²) < 4.78 is 0. The lowest BCUT2D eigenvalue weighted by Gasteiger charge is -2.32. The highest BCUT2D eigenvalue weighted by Crippen LogP contribution is 2.49. The molecule has 4 heteroatoms. The Balaban J connectivity index is 2.08. The molecule has 0 bridgehead atoms. The third-order valence-electron chi connectivity index (χ3n) is 4.37. The van der Waals surface area contributed by atoms with E-state index in [0.717, 1.165) is 43.4 Å². The van der Waals surface area contributed by atoms with Crippen LogP contribution in [0.25, 0.3) is 0 Å². The maximum absolute atomic E-state index is 12.7. The number of anilines is 1. The number of carbonyl (C=O) groups excluding carboxylic acids is 1. The van der Waals surface area contributed by atoms with E-state index in [1.165, 1.54) is 4.90 Å². The number of aliphatic carboxylic acids is 1. The minimum atomic E-state index is -0.962. The van der Waals surface area contributed by atoms with Gasteiger partial charge in [0, 0.05) is 5.69 Å². The van der Waals surface area contributed by atoms with Gasteiger partial charge in [0.05, 0.1) is 5.41 Å². The molecule has 1 fully saturated rings. The van der Waals surface area contributed by atoms with Crippen molar-refractivity contribution in [2.45, 2.75) is 37.5 Å². The van der Waals surface area contributed by atoms with E-state index in [1.807, 2.05) is 24.3 Å². The molecule has 1 aromatic carbocycles. The number of carbonyl (C=O) groups is 2. The van der Waals surface area contributed by atoms with Gasteiger partial charge in [-0.2, -0.15) is 0 Å². The molecule has 1 saturated carbocycles. The summed E-state index contributed by atoms with van der Waals surface area (Å²) in [6.45, 7) is -0.238. The molecule has 3 rings (SSSR count). The van der Waals surface area contributed by atoms with E-state index in [2.05, 4.69) is 0 Å². The number of carboxylic acids is 1. The topological polar surface area (TPSA) is 57.6 Å². The fourth-order valence-corrected chi connectivity index (χ4v) is 3.53. The lowest BCUT2D eigenvalue weighted by molar-refractivity contribution is -0.137. The number of carboxylic acid groups (broad SMARTS) is 1. The number of benzene rings is 1. The van der Waals surface area contributed by atoms with E-state index in [1.54, 1.807) is 0 Å². The van der Waals surface area contributed by atoms with Crippen LogP contribution in [0.3, 0.4) is 0 Å². The first-order chi connectivity index (χ1) is 9.15. The van der Waals surface area contributed by atoms with Crippen LogP contribution in [-0.4, -0.2) is 23.5 Å². The maximum Gasteiger partial charge on any atom is 0.323 e. The number of rotatable bonds is 2. The highest BCUT2D eigenvalue weighted by molar-refractivity contribution is 6.10. The number of hydrogen-bond donors (Lipinski definition) is 1. The van der Waals surface area contributed by atoms with Gasteiger partial charge in [-0.05, 0) is 24.5 Å². The zero-order valence-electron chi connectivity index (χ0n) is 10.8. The third kappa shape index (κ3) is 1.74. The first-order valence-corrected chi connectivity index (χ1v) is 6.78. The molecular weight excluding hydrogens is 242 g/mol. The minimum absolute atomic E-state index is 0.0178. The molecule has 4 nitrogen and oxygen atoms in total. The van der Waals surface area contributed by atoms with Crippen LogP contribution in [0.15, 0.2) is 24.3 Å². The Kier molecular flexibility index (Phi) is 2.81. The molecule has 0 unspecified atom stereocenters. The van der Waals surface area contributed by atoms with Crippen LogP contribution >= 0.6 is 0 Å². The first kappa shape index (κ1) is 12.2. The first-order valence-electron chi connectivity index (χ1n) is 6.78. The average Bonchev–Trinajstić information content (AvgIpc) is 2.63. The smallest absolute Gasteiger partial charge is 0.323 e. The molecule has 1 amide bonds. The fourth-order valence-electron chi connectivity index (χ4n) is 3.53. The fraction of sp³-hybridized carbons (Fsp3) is 0.467. The van der Waals surface area contributed by atoms with Gasteiger partial charge < -0.3 is 10.0 Å². The van der Waals surface area contributed by atoms with Crippen LogP contribution in [0.2, 0.25) is 0 Å². The van der Waals surface area contributed by atoms with Crippen molar-refractivity contribution in [3.8, 4) is 0 Å². The van der Waals surface area contributed by atoms with Crippen molar-refractivity contribution in [1.82, 2.24) is 0 Å². The summed E-state index contributed by atoms with van der Waals surface area (Å²) in [4.78, 5) is 25.2. The molecule has 0 saturated heterocycles. The predicted octanol–water partition coefficient (Wildman–Crippen LogP) is 2.32. The average molecular weight is 259 g/mol. The van der Waals surface area contributed by atoms with Crippen molar-refractivity contribution in [3.05, 3.63) is 29.8 Å². The Morgan fingerprint density at radius 3 is 2.58 bits per heavy atom. The molecule has 0 radical (unpaired) electrons. The Morgan fingerprint density at radius 1 is 1.21 bits per heavy atom. The molecule has 100 valence electrons. The lowest BCUT2D eigenvalue weighted by atomic mass is 9.70. The molecule has 1 heterocycles. The van der Waals surface area contributed by atoms with Gasteiger partial charge in [0.15, 0.2) is 0 Å². The van der Waals surface area contributed by atoms with Crippen molar-refractivity contribution in [2.24, 2.45) is 0 Å². The van der Waals surface area contributed by atoms with Crippen molar-refractivity contribution in [1.29, 1.82) is 0 Å². The summed E-state index contributed by atoms with van der Waals surface area (Å²) in [5, 5.41) is 9.01. The summed E-state index contributed by atoms with van der Waals surface area (Å²) in [5.41, 5.74) is 1.36. The highest BCUT2D eigenvalue weighted by Gasteiger charge is 2.51. The summed E-state index contributed by atoms with van der Waals surface area (Å²) in [7, 11) is 0. The molecule has 1 aliphatic heterocycles. The summed E-state index contributed by atoms with van der Waals surface area (Å²) in [6, 6.07) is 7.65. The second-order valence-corrected chi connectivity index (χ2v) is 5.44.